The predicted molar refractivity (Wildman–Crippen MR) is 75.9 cm³/mol. The van der Waals surface area contributed by atoms with Crippen molar-refractivity contribution in [1.29, 1.82) is 0 Å². The lowest BCUT2D eigenvalue weighted by Crippen LogP contribution is -2.51. The fraction of sp³-hybridized carbons (Fsp3) is 0.615. The van der Waals surface area contributed by atoms with Gasteiger partial charge in [0, 0.05) is 25.5 Å². The lowest BCUT2D eigenvalue weighted by molar-refractivity contribution is 0.0935. The van der Waals surface area contributed by atoms with Crippen molar-refractivity contribution in [3.63, 3.8) is 0 Å². The smallest absolute Gasteiger partial charge is 0.203 e. The van der Waals surface area contributed by atoms with Gasteiger partial charge in [-0.3, -0.25) is 4.40 Å². The van der Waals surface area contributed by atoms with Crippen LogP contribution in [0, 0.1) is 0 Å². The minimum atomic E-state index is 0.283. The average Bonchev–Trinajstić information content (AvgIpc) is 2.96. The van der Waals surface area contributed by atoms with E-state index >= 15 is 0 Å². The largest absolute Gasteiger partial charge is 0.377 e. The minimum absolute atomic E-state index is 0.283. The van der Waals surface area contributed by atoms with E-state index in [0.717, 1.165) is 44.1 Å². The molecule has 1 saturated heterocycles. The van der Waals surface area contributed by atoms with Gasteiger partial charge in [0.15, 0.2) is 5.82 Å². The molecule has 2 aromatic rings. The predicted octanol–water partition coefficient (Wildman–Crippen LogP) is 0.329. The highest BCUT2D eigenvalue weighted by atomic mass is 16.5. The van der Waals surface area contributed by atoms with Crippen LogP contribution in [0.5, 0.6) is 0 Å². The topological polar surface area (TPSA) is 67.6 Å². The summed E-state index contributed by atoms with van der Waals surface area (Å²) in [6.45, 7) is 6.35. The van der Waals surface area contributed by atoms with E-state index in [1.165, 1.54) is 0 Å². The number of ether oxygens (including phenoxy) is 1. The second kappa shape index (κ2) is 6.15. The number of nitrogens with one attached hydrogen (secondary N) is 1. The van der Waals surface area contributed by atoms with Crippen LogP contribution in [0.1, 0.15) is 13.3 Å². The number of hydrogen-bond acceptors (Lipinski definition) is 6. The van der Waals surface area contributed by atoms with E-state index in [4.69, 9.17) is 4.74 Å². The SMILES string of the molecule is CCCNCC1COCCN1c1nccn2cnnc12. The van der Waals surface area contributed by atoms with E-state index in [9.17, 15) is 0 Å². The van der Waals surface area contributed by atoms with Gasteiger partial charge in [-0.1, -0.05) is 6.92 Å². The minimum Gasteiger partial charge on any atom is -0.377 e. The molecular weight excluding hydrogens is 256 g/mol. The van der Waals surface area contributed by atoms with Gasteiger partial charge in [0.05, 0.1) is 19.3 Å². The zero-order valence-electron chi connectivity index (χ0n) is 11.7. The Bertz CT molecular complexity index is 557. The third kappa shape index (κ3) is 2.59. The summed E-state index contributed by atoms with van der Waals surface area (Å²) in [5.74, 6) is 0.886. The molecule has 3 rings (SSSR count). The highest BCUT2D eigenvalue weighted by Crippen LogP contribution is 2.20. The first-order chi connectivity index (χ1) is 9.90. The Morgan fingerprint density at radius 2 is 2.45 bits per heavy atom. The molecule has 108 valence electrons. The van der Waals surface area contributed by atoms with E-state index < -0.39 is 0 Å². The molecule has 0 aromatic carbocycles. The number of anilines is 1. The summed E-state index contributed by atoms with van der Waals surface area (Å²) >= 11 is 0. The fourth-order valence-electron chi connectivity index (χ4n) is 2.50. The fourth-order valence-corrected chi connectivity index (χ4v) is 2.50. The van der Waals surface area contributed by atoms with Crippen LogP contribution in [0.4, 0.5) is 5.82 Å². The number of aromatic nitrogens is 4. The summed E-state index contributed by atoms with van der Waals surface area (Å²) in [7, 11) is 0. The number of fused-ring (bicyclic) bond motifs is 1. The Balaban J connectivity index is 1.83. The van der Waals surface area contributed by atoms with Crippen LogP contribution in [0.25, 0.3) is 5.65 Å². The van der Waals surface area contributed by atoms with Gasteiger partial charge >= 0.3 is 0 Å². The summed E-state index contributed by atoms with van der Waals surface area (Å²) in [4.78, 5) is 6.77. The molecule has 0 spiro atoms. The maximum Gasteiger partial charge on any atom is 0.203 e. The highest BCUT2D eigenvalue weighted by molar-refractivity contribution is 5.64. The summed E-state index contributed by atoms with van der Waals surface area (Å²) in [6, 6.07) is 0.283. The zero-order valence-corrected chi connectivity index (χ0v) is 11.7. The van der Waals surface area contributed by atoms with Gasteiger partial charge < -0.3 is 15.0 Å². The third-order valence-electron chi connectivity index (χ3n) is 3.50. The van der Waals surface area contributed by atoms with Crippen molar-refractivity contribution in [3.05, 3.63) is 18.7 Å². The van der Waals surface area contributed by atoms with Crippen LogP contribution in [-0.2, 0) is 4.74 Å². The molecule has 7 nitrogen and oxygen atoms in total. The third-order valence-corrected chi connectivity index (χ3v) is 3.50. The van der Waals surface area contributed by atoms with Gasteiger partial charge in [0.1, 0.15) is 6.33 Å². The van der Waals surface area contributed by atoms with Crippen LogP contribution in [-0.4, -0.2) is 58.5 Å². The molecule has 20 heavy (non-hydrogen) atoms. The van der Waals surface area contributed by atoms with Gasteiger partial charge in [0.25, 0.3) is 0 Å². The first-order valence-electron chi connectivity index (χ1n) is 7.09. The zero-order chi connectivity index (χ0) is 13.8. The molecule has 1 aliphatic rings. The molecule has 0 aliphatic carbocycles. The number of rotatable bonds is 5. The maximum absolute atomic E-state index is 5.61. The number of nitrogens with zero attached hydrogens (tertiary/aromatic N) is 5. The van der Waals surface area contributed by atoms with Crippen LogP contribution in [0.2, 0.25) is 0 Å². The van der Waals surface area contributed by atoms with E-state index in [1.54, 1.807) is 12.5 Å². The lowest BCUT2D eigenvalue weighted by atomic mass is 10.2. The first-order valence-corrected chi connectivity index (χ1v) is 7.09. The molecule has 0 saturated carbocycles. The summed E-state index contributed by atoms with van der Waals surface area (Å²) in [6.07, 6.45) is 6.48. The quantitative estimate of drug-likeness (QED) is 0.794. The van der Waals surface area contributed by atoms with Gasteiger partial charge in [-0.05, 0) is 13.0 Å². The van der Waals surface area contributed by atoms with Crippen molar-refractivity contribution >= 4 is 11.5 Å². The summed E-state index contributed by atoms with van der Waals surface area (Å²) in [5.41, 5.74) is 0.801. The van der Waals surface area contributed by atoms with Crippen LogP contribution in [0.3, 0.4) is 0 Å². The van der Waals surface area contributed by atoms with Gasteiger partial charge in [-0.25, -0.2) is 4.98 Å². The Kier molecular flexibility index (Phi) is 4.08. The van der Waals surface area contributed by atoms with Crippen LogP contribution < -0.4 is 10.2 Å². The average molecular weight is 276 g/mol. The van der Waals surface area contributed by atoms with Gasteiger partial charge in [0.2, 0.25) is 5.65 Å². The molecule has 3 heterocycles. The molecule has 1 unspecified atom stereocenters. The van der Waals surface area contributed by atoms with Gasteiger partial charge in [-0.2, -0.15) is 0 Å². The molecular formula is C13H20N6O. The molecule has 1 fully saturated rings. The number of hydrogen-bond donors (Lipinski definition) is 1. The number of morpholine rings is 1. The Morgan fingerprint density at radius 3 is 3.35 bits per heavy atom. The Morgan fingerprint density at radius 1 is 1.50 bits per heavy atom. The Labute approximate surface area is 118 Å². The first kappa shape index (κ1) is 13.3. The lowest BCUT2D eigenvalue weighted by Gasteiger charge is -2.36. The highest BCUT2D eigenvalue weighted by Gasteiger charge is 2.26. The van der Waals surface area contributed by atoms with E-state index in [-0.39, 0.29) is 6.04 Å². The van der Waals surface area contributed by atoms with Crippen molar-refractivity contribution in [2.24, 2.45) is 0 Å². The molecule has 0 radical (unpaired) electrons. The van der Waals surface area contributed by atoms with Crippen LogP contribution >= 0.6 is 0 Å². The molecule has 1 aliphatic heterocycles. The van der Waals surface area contributed by atoms with Crippen molar-refractivity contribution in [3.8, 4) is 0 Å². The molecule has 7 heteroatoms. The van der Waals surface area contributed by atoms with Crippen LogP contribution in [0.15, 0.2) is 18.7 Å². The molecule has 1 atom stereocenters. The molecule has 2 aromatic heterocycles. The second-order valence-corrected chi connectivity index (χ2v) is 4.94. The molecule has 0 amide bonds. The maximum atomic E-state index is 5.61. The van der Waals surface area contributed by atoms with Crippen molar-refractivity contribution in [1.82, 2.24) is 24.9 Å². The van der Waals surface area contributed by atoms with Gasteiger partial charge in [-0.15, -0.1) is 10.2 Å². The second-order valence-electron chi connectivity index (χ2n) is 4.94. The standard InChI is InChI=1S/C13H20N6O/c1-2-3-14-8-11-9-20-7-6-19(11)12-13-17-16-10-18(13)5-4-15-12/h4-5,10-11,14H,2-3,6-9H2,1H3. The van der Waals surface area contributed by atoms with E-state index in [0.29, 0.717) is 6.61 Å². The monoisotopic (exact) mass is 276 g/mol. The van der Waals surface area contributed by atoms with E-state index in [1.807, 2.05) is 10.6 Å². The molecule has 1 N–H and O–H groups in total. The van der Waals surface area contributed by atoms with Crippen molar-refractivity contribution < 1.29 is 4.74 Å². The van der Waals surface area contributed by atoms with E-state index in [2.05, 4.69) is 32.3 Å². The van der Waals surface area contributed by atoms with Crippen molar-refractivity contribution in [2.45, 2.75) is 19.4 Å². The summed E-state index contributed by atoms with van der Waals surface area (Å²) in [5, 5.41) is 11.6. The van der Waals surface area contributed by atoms with Crippen molar-refractivity contribution in [2.75, 3.05) is 37.7 Å². The summed E-state index contributed by atoms with van der Waals surface area (Å²) < 4.78 is 7.50. The Hall–Kier alpha value is -1.73. The normalized spacial score (nSPS) is 19.6. The molecule has 0 bridgehead atoms.